The second kappa shape index (κ2) is 15.2. The van der Waals surface area contributed by atoms with Crippen LogP contribution in [0.25, 0.3) is 0 Å². The molecule has 7 rings (SSSR count). The number of hydrogen-bond acceptors (Lipinski definition) is 17. The van der Waals surface area contributed by atoms with Gasteiger partial charge in [-0.1, -0.05) is 39.3 Å². The Kier molecular flexibility index (Phi) is 11.6. The van der Waals surface area contributed by atoms with E-state index in [0.29, 0.717) is 38.5 Å². The summed E-state index contributed by atoms with van der Waals surface area (Å²) in [5, 5.41) is 118. The average Bonchev–Trinajstić information content (AvgIpc) is 3.18. The highest BCUT2D eigenvalue weighted by molar-refractivity contribution is 5.80. The molecule has 0 aromatic heterocycles. The Morgan fingerprint density at radius 2 is 1.25 bits per heavy atom. The van der Waals surface area contributed by atoms with Crippen LogP contribution in [0.5, 0.6) is 0 Å². The molecule has 6 fully saturated rings. The van der Waals surface area contributed by atoms with Crippen LogP contribution < -0.4 is 0 Å². The van der Waals surface area contributed by atoms with Crippen LogP contribution in [-0.4, -0.2) is 161 Å². The Bertz CT molecular complexity index is 1650. The van der Waals surface area contributed by atoms with Crippen molar-refractivity contribution in [2.75, 3.05) is 13.2 Å². The fourth-order valence-electron chi connectivity index (χ4n) is 13.7. The maximum absolute atomic E-state index is 14.6. The Hall–Kier alpha value is -1.84. The maximum atomic E-state index is 14.6. The molecule has 0 radical (unpaired) electrons. The van der Waals surface area contributed by atoms with E-state index < -0.39 is 143 Å². The molecule has 0 amide bonds. The summed E-state index contributed by atoms with van der Waals surface area (Å²) in [6.07, 6.45) is -14.3. The van der Waals surface area contributed by atoms with Gasteiger partial charge in [-0.25, -0.2) is 0 Å². The summed E-state index contributed by atoms with van der Waals surface area (Å²) in [6.45, 7) is 10.1. The number of aliphatic hydroxyl groups excluding tert-OH is 10. The van der Waals surface area contributed by atoms with E-state index in [4.69, 9.17) is 18.9 Å². The zero-order valence-corrected chi connectivity index (χ0v) is 34.8. The molecule has 11 N–H and O–H groups in total. The molecule has 0 aromatic carbocycles. The van der Waals surface area contributed by atoms with Gasteiger partial charge in [0.05, 0.1) is 41.9 Å². The molecule has 7 aliphatic rings. The van der Waals surface area contributed by atoms with Crippen LogP contribution in [0.1, 0.15) is 92.9 Å². The number of esters is 2. The highest BCUT2D eigenvalue weighted by Gasteiger charge is 2.74. The predicted molar refractivity (Wildman–Crippen MR) is 202 cm³/mol. The van der Waals surface area contributed by atoms with E-state index in [1.54, 1.807) is 6.92 Å². The van der Waals surface area contributed by atoms with E-state index in [9.17, 15) is 65.8 Å². The lowest BCUT2D eigenvalue weighted by atomic mass is 9.33. The number of aliphatic hydroxyl groups is 11. The molecule has 5 aliphatic carbocycles. The van der Waals surface area contributed by atoms with E-state index in [1.807, 2.05) is 13.8 Å². The zero-order chi connectivity index (χ0) is 43.6. The summed E-state index contributed by atoms with van der Waals surface area (Å²) in [6, 6.07) is 0. The van der Waals surface area contributed by atoms with Crippen molar-refractivity contribution in [2.45, 2.75) is 172 Å². The summed E-state index contributed by atoms with van der Waals surface area (Å²) >= 11 is 0. The second-order valence-electron chi connectivity index (χ2n) is 20.3. The van der Waals surface area contributed by atoms with Gasteiger partial charge in [0.25, 0.3) is 0 Å². The van der Waals surface area contributed by atoms with Crippen molar-refractivity contribution in [2.24, 2.45) is 50.7 Å². The molecule has 0 aromatic rings. The molecule has 2 unspecified atom stereocenters. The average molecular weight is 843 g/mol. The minimum Gasteiger partial charge on any atom is -0.432 e. The minimum absolute atomic E-state index is 0.148. The summed E-state index contributed by atoms with van der Waals surface area (Å²) in [5.74, 6) is -3.41. The van der Waals surface area contributed by atoms with Gasteiger partial charge in [0.2, 0.25) is 12.6 Å². The van der Waals surface area contributed by atoms with E-state index in [1.165, 1.54) is 6.92 Å². The first-order valence-corrected chi connectivity index (χ1v) is 21.2. The molecule has 2 aliphatic heterocycles. The number of allylic oxidation sites excluding steroid dienone is 1. The fraction of sp³-hybridized carbons (Fsp3) is 0.905. The monoisotopic (exact) mass is 842 g/mol. The first-order chi connectivity index (χ1) is 27.4. The lowest BCUT2D eigenvalue weighted by Crippen LogP contribution is -2.70. The molecule has 0 bridgehead atoms. The van der Waals surface area contributed by atoms with Gasteiger partial charge < -0.3 is 75.1 Å². The summed E-state index contributed by atoms with van der Waals surface area (Å²) < 4.78 is 22.6. The fourth-order valence-corrected chi connectivity index (χ4v) is 13.7. The molecular formula is C42H66O17. The van der Waals surface area contributed by atoms with Crippen molar-refractivity contribution in [3.63, 3.8) is 0 Å². The van der Waals surface area contributed by atoms with Crippen molar-refractivity contribution < 1.29 is 84.7 Å². The molecule has 336 valence electrons. The largest absolute Gasteiger partial charge is 0.432 e. The predicted octanol–water partition coefficient (Wildman–Crippen LogP) is -1.24. The first-order valence-electron chi connectivity index (χ1n) is 21.2. The van der Waals surface area contributed by atoms with Crippen LogP contribution >= 0.6 is 0 Å². The van der Waals surface area contributed by atoms with Gasteiger partial charge in [-0.2, -0.15) is 0 Å². The molecule has 4 saturated carbocycles. The number of rotatable bonds is 6. The number of ether oxygens (including phenoxy) is 4. The smallest absolute Gasteiger partial charge is 0.317 e. The van der Waals surface area contributed by atoms with E-state index in [-0.39, 0.29) is 24.7 Å². The summed E-state index contributed by atoms with van der Waals surface area (Å²) in [5.41, 5.74) is -5.44. The summed E-state index contributed by atoms with van der Waals surface area (Å²) in [7, 11) is 0. The van der Waals surface area contributed by atoms with Gasteiger partial charge in [0, 0.05) is 5.92 Å². The summed E-state index contributed by atoms with van der Waals surface area (Å²) in [4.78, 5) is 29.0. The lowest BCUT2D eigenvalue weighted by molar-refractivity contribution is -0.303. The second-order valence-corrected chi connectivity index (χ2v) is 20.3. The molecule has 22 atom stereocenters. The lowest BCUT2D eigenvalue weighted by Gasteiger charge is -2.72. The third-order valence-electron chi connectivity index (χ3n) is 17.7. The van der Waals surface area contributed by atoms with Gasteiger partial charge in [-0.3, -0.25) is 9.59 Å². The van der Waals surface area contributed by atoms with Crippen molar-refractivity contribution in [3.8, 4) is 0 Å². The Morgan fingerprint density at radius 1 is 0.712 bits per heavy atom. The van der Waals surface area contributed by atoms with Crippen LogP contribution in [-0.2, 0) is 28.5 Å². The van der Waals surface area contributed by atoms with E-state index in [0.717, 1.165) is 5.57 Å². The number of fused-ring (bicyclic) bond motifs is 7. The van der Waals surface area contributed by atoms with Gasteiger partial charge in [-0.15, -0.1) is 0 Å². The Balaban J connectivity index is 1.23. The number of carbonyl (C=O) groups is 2. The van der Waals surface area contributed by atoms with Gasteiger partial charge >= 0.3 is 11.9 Å². The first kappa shape index (κ1) is 45.2. The van der Waals surface area contributed by atoms with E-state index in [2.05, 4.69) is 19.9 Å². The molecule has 2 saturated heterocycles. The third-order valence-corrected chi connectivity index (χ3v) is 17.7. The number of carbonyl (C=O) groups excluding carboxylic acids is 2. The van der Waals surface area contributed by atoms with E-state index >= 15 is 0 Å². The molecule has 2 heterocycles. The van der Waals surface area contributed by atoms with Gasteiger partial charge in [0.15, 0.2) is 0 Å². The molecular weight excluding hydrogens is 776 g/mol. The topological polar surface area (TPSA) is 294 Å². The quantitative estimate of drug-likeness (QED) is 0.110. The highest BCUT2D eigenvalue weighted by atomic mass is 16.7. The van der Waals surface area contributed by atoms with Crippen LogP contribution in [0.3, 0.4) is 0 Å². The normalized spacial score (nSPS) is 56.0. The van der Waals surface area contributed by atoms with Crippen molar-refractivity contribution in [1.82, 2.24) is 0 Å². The van der Waals surface area contributed by atoms with Crippen LogP contribution in [0.4, 0.5) is 0 Å². The van der Waals surface area contributed by atoms with Crippen molar-refractivity contribution in [1.29, 1.82) is 0 Å². The Morgan fingerprint density at radius 3 is 1.80 bits per heavy atom. The third kappa shape index (κ3) is 6.26. The molecule has 0 spiro atoms. The SMILES string of the molecule is C[C@@H]1CC[C@]2(C(=O)O[C@@H]3O[C@H](CO)[C@@H](O)[C@H](O)[C@H]3O)CC[C@]3(C)C(=CC[C@@H]4[C@@]5(C)C[C@@H](O)[C@H](O)[C@](C)(C(=O)O[C@@H]6O[C@H](CO)[C@@H](O)[C@H](O)[C@H]6O)C5CC[C@]43C)C2[C@]1(C)O. The number of hydrogen-bond donors (Lipinski definition) is 11. The van der Waals surface area contributed by atoms with Gasteiger partial charge in [-0.05, 0) is 99.2 Å². The Labute approximate surface area is 343 Å². The standard InChI is InChI=1S/C42H66O17/c1-18-9-12-42(36(54)59-34-30(51)28(49)26(47)22(17-44)57-34)14-13-38(3)19(31(42)41(18,6)55)7-8-23-37(2)15-20(45)32(52)40(5,24(37)10-11-39(23,38)4)35(53)58-33-29(50)27(48)25(46)21(16-43)56-33/h7,18,20-34,43-52,55H,8-17H2,1-6H3/t18-,20-,21-,22-,23-,24?,25-,26-,27+,28+,29-,30-,31?,32+,33+,34+,37-,38-,39-,40-,41-,42+/m1/s1. The minimum atomic E-state index is -1.86. The molecule has 17 heteroatoms. The highest BCUT2D eigenvalue weighted by Crippen LogP contribution is 2.76. The van der Waals surface area contributed by atoms with Crippen molar-refractivity contribution >= 4 is 11.9 Å². The molecule has 59 heavy (non-hydrogen) atoms. The van der Waals surface area contributed by atoms with Gasteiger partial charge in [0.1, 0.15) is 48.8 Å². The maximum Gasteiger partial charge on any atom is 0.317 e. The molecule has 17 nitrogen and oxygen atoms in total. The van der Waals surface area contributed by atoms with Crippen LogP contribution in [0.15, 0.2) is 11.6 Å². The van der Waals surface area contributed by atoms with Crippen LogP contribution in [0, 0.1) is 50.7 Å². The van der Waals surface area contributed by atoms with Crippen molar-refractivity contribution in [3.05, 3.63) is 11.6 Å². The van der Waals surface area contributed by atoms with Crippen LogP contribution in [0.2, 0.25) is 0 Å². The zero-order valence-electron chi connectivity index (χ0n) is 34.8.